The van der Waals surface area contributed by atoms with Crippen LogP contribution in [0.25, 0.3) is 6.08 Å². The largest absolute Gasteiger partial charge is 0.508 e. The number of allylic oxidation sites excluding steroid dienone is 1. The molecule has 0 saturated carbocycles. The van der Waals surface area contributed by atoms with Gasteiger partial charge in [0.2, 0.25) is 11.8 Å². The van der Waals surface area contributed by atoms with Crippen molar-refractivity contribution < 1.29 is 29.1 Å². The number of amides is 2. The van der Waals surface area contributed by atoms with E-state index >= 15 is 0 Å². The fourth-order valence-electron chi connectivity index (χ4n) is 6.62. The zero-order valence-corrected chi connectivity index (χ0v) is 24.8. The maximum atomic E-state index is 13.9. The molecule has 9 nitrogen and oxygen atoms in total. The van der Waals surface area contributed by atoms with Crippen molar-refractivity contribution in [3.63, 3.8) is 0 Å². The van der Waals surface area contributed by atoms with Crippen LogP contribution in [-0.4, -0.2) is 41.2 Å². The summed E-state index contributed by atoms with van der Waals surface area (Å²) in [6.45, 7) is 2.57. The van der Waals surface area contributed by atoms with E-state index in [0.717, 1.165) is 27.2 Å². The molecule has 4 atom stereocenters. The van der Waals surface area contributed by atoms with Gasteiger partial charge in [0.1, 0.15) is 18.1 Å². The van der Waals surface area contributed by atoms with Crippen LogP contribution in [0.2, 0.25) is 5.02 Å². The third kappa shape index (κ3) is 5.73. The van der Waals surface area contributed by atoms with Crippen LogP contribution in [0.4, 0.5) is 11.4 Å². The quantitative estimate of drug-likeness (QED) is 0.123. The molecular formula is C34H31ClN2O7. The van der Waals surface area contributed by atoms with Gasteiger partial charge in [-0.15, -0.1) is 0 Å². The number of nitrogens with zero attached hydrogens (tertiary/aromatic N) is 2. The Kier molecular flexibility index (Phi) is 8.25. The molecule has 6 rings (SSSR count). The minimum atomic E-state index is -0.616. The Labute approximate surface area is 259 Å². The minimum absolute atomic E-state index is 0.104. The lowest BCUT2D eigenvalue weighted by Crippen LogP contribution is -2.35. The molecule has 3 aromatic carbocycles. The lowest BCUT2D eigenvalue weighted by Gasteiger charge is -2.31. The number of halogens is 1. The molecule has 3 aliphatic rings. The molecular weight excluding hydrogens is 584 g/mol. The average molecular weight is 615 g/mol. The molecule has 1 N–H and O–H groups in total. The third-order valence-corrected chi connectivity index (χ3v) is 8.98. The fourth-order valence-corrected chi connectivity index (χ4v) is 6.85. The Morgan fingerprint density at radius 1 is 1.09 bits per heavy atom. The molecule has 0 radical (unpaired) electrons. The Morgan fingerprint density at radius 3 is 2.64 bits per heavy atom. The van der Waals surface area contributed by atoms with Crippen LogP contribution in [0.5, 0.6) is 11.5 Å². The van der Waals surface area contributed by atoms with Crippen LogP contribution in [0.1, 0.15) is 31.7 Å². The van der Waals surface area contributed by atoms with Gasteiger partial charge in [0.15, 0.2) is 0 Å². The number of nitro benzene ring substituents is 1. The van der Waals surface area contributed by atoms with Crippen molar-refractivity contribution in [2.75, 3.05) is 18.1 Å². The van der Waals surface area contributed by atoms with Gasteiger partial charge >= 0.3 is 0 Å². The molecule has 1 aliphatic carbocycles. The molecule has 0 aromatic heterocycles. The lowest BCUT2D eigenvalue weighted by molar-refractivity contribution is -0.384. The number of fused-ring (bicyclic) bond motifs is 3. The van der Waals surface area contributed by atoms with Gasteiger partial charge < -0.3 is 14.6 Å². The lowest BCUT2D eigenvalue weighted by atomic mass is 9.69. The first-order valence-electron chi connectivity index (χ1n) is 14.5. The summed E-state index contributed by atoms with van der Waals surface area (Å²) in [6.07, 6.45) is 3.42. The van der Waals surface area contributed by atoms with Gasteiger partial charge in [-0.3, -0.25) is 19.7 Å². The van der Waals surface area contributed by atoms with Crippen molar-refractivity contribution >= 4 is 40.9 Å². The zero-order valence-electron chi connectivity index (χ0n) is 24.0. The molecule has 10 heteroatoms. The van der Waals surface area contributed by atoms with E-state index in [1.807, 2.05) is 43.3 Å². The number of nitro groups is 1. The second kappa shape index (κ2) is 12.3. The predicted octanol–water partition coefficient (Wildman–Crippen LogP) is 6.74. The van der Waals surface area contributed by atoms with E-state index in [-0.39, 0.29) is 47.6 Å². The first kappa shape index (κ1) is 29.6. The van der Waals surface area contributed by atoms with Crippen LogP contribution in [-0.2, 0) is 14.3 Å². The number of phenols is 1. The topological polar surface area (TPSA) is 119 Å². The number of hydrogen-bond donors (Lipinski definition) is 1. The molecule has 226 valence electrons. The van der Waals surface area contributed by atoms with Gasteiger partial charge in [-0.1, -0.05) is 47.5 Å². The standard InChI is InChI=1S/C34H31ClN2O7/c1-20(14-21-11-12-25(38)17-29(21)35)10-13-30-31-22(18-43-26-8-3-2-4-9-26)15-27-32(28(31)19-44-30)34(40)36(33(27)39)23-6-5-7-24(16-23)37(41)42/h2-9,11-12,14,16-17,27-28,30,32,38H,10,13,15,18-19H2,1H3/b20-14+/t27-,28+,30-,32-/m1/s1. The molecule has 0 bridgehead atoms. The molecule has 44 heavy (non-hydrogen) atoms. The number of carbonyl (C=O) groups is 2. The number of non-ortho nitro benzene ring substituents is 1. The molecule has 0 spiro atoms. The number of imide groups is 1. The first-order valence-corrected chi connectivity index (χ1v) is 14.9. The molecule has 2 saturated heterocycles. The van der Waals surface area contributed by atoms with Gasteiger partial charge in [-0.2, -0.15) is 0 Å². The second-order valence-corrected chi connectivity index (χ2v) is 11.9. The smallest absolute Gasteiger partial charge is 0.271 e. The van der Waals surface area contributed by atoms with Gasteiger partial charge in [0, 0.05) is 18.1 Å². The van der Waals surface area contributed by atoms with Crippen molar-refractivity contribution in [2.45, 2.75) is 32.3 Å². The van der Waals surface area contributed by atoms with Crippen molar-refractivity contribution in [1.29, 1.82) is 0 Å². The van der Waals surface area contributed by atoms with E-state index in [2.05, 4.69) is 0 Å². The number of hydrogen-bond acceptors (Lipinski definition) is 7. The van der Waals surface area contributed by atoms with Crippen molar-refractivity contribution in [3.8, 4) is 11.5 Å². The number of para-hydroxylation sites is 1. The van der Waals surface area contributed by atoms with Crippen LogP contribution in [0.3, 0.4) is 0 Å². The number of carbonyl (C=O) groups excluding carboxylic acids is 2. The SMILES string of the molecule is C/C(=C\c1ccc(O)cc1Cl)CC[C@H]1OC[C@H]2C1=C(COc1ccccc1)C[C@H]1C(=O)N(c3cccc([N+](=O)[O-])c3)C(=O)[C@H]12. The van der Waals surface area contributed by atoms with E-state index in [0.29, 0.717) is 36.6 Å². The van der Waals surface area contributed by atoms with E-state index < -0.39 is 16.8 Å². The Morgan fingerprint density at radius 2 is 1.89 bits per heavy atom. The Hall–Kier alpha value is -4.47. The third-order valence-electron chi connectivity index (χ3n) is 8.65. The van der Waals surface area contributed by atoms with Crippen LogP contribution in [0, 0.1) is 27.9 Å². The van der Waals surface area contributed by atoms with Crippen molar-refractivity contribution in [2.24, 2.45) is 17.8 Å². The summed E-state index contributed by atoms with van der Waals surface area (Å²) >= 11 is 6.31. The second-order valence-electron chi connectivity index (χ2n) is 11.4. The number of ether oxygens (including phenoxy) is 2. The Bertz CT molecular complexity index is 1690. The maximum Gasteiger partial charge on any atom is 0.271 e. The highest BCUT2D eigenvalue weighted by Crippen LogP contribution is 2.50. The highest BCUT2D eigenvalue weighted by molar-refractivity contribution is 6.32. The summed E-state index contributed by atoms with van der Waals surface area (Å²) < 4.78 is 12.5. The predicted molar refractivity (Wildman–Crippen MR) is 165 cm³/mol. The van der Waals surface area contributed by atoms with E-state index in [9.17, 15) is 24.8 Å². The number of phenolic OH excluding ortho intramolecular Hbond substituents is 1. The summed E-state index contributed by atoms with van der Waals surface area (Å²) in [4.78, 5) is 39.6. The summed E-state index contributed by atoms with van der Waals surface area (Å²) in [6, 6.07) is 19.9. The fraction of sp³-hybridized carbons (Fsp3) is 0.294. The van der Waals surface area contributed by atoms with Gasteiger partial charge in [-0.05, 0) is 79.3 Å². The summed E-state index contributed by atoms with van der Waals surface area (Å²) in [5.41, 5.74) is 3.86. The minimum Gasteiger partial charge on any atom is -0.508 e. The van der Waals surface area contributed by atoms with E-state index in [1.54, 1.807) is 18.2 Å². The zero-order chi connectivity index (χ0) is 31.0. The van der Waals surface area contributed by atoms with Crippen molar-refractivity contribution in [3.05, 3.63) is 110 Å². The maximum absolute atomic E-state index is 13.9. The van der Waals surface area contributed by atoms with Crippen LogP contribution in [0.15, 0.2) is 89.5 Å². The number of benzene rings is 3. The molecule has 3 aromatic rings. The van der Waals surface area contributed by atoms with Crippen molar-refractivity contribution in [1.82, 2.24) is 0 Å². The van der Waals surface area contributed by atoms with Gasteiger partial charge in [-0.25, -0.2) is 4.90 Å². The molecule has 2 amide bonds. The summed E-state index contributed by atoms with van der Waals surface area (Å²) in [5.74, 6) is -1.43. The molecule has 2 heterocycles. The van der Waals surface area contributed by atoms with E-state index in [1.165, 1.54) is 24.3 Å². The average Bonchev–Trinajstić information content (AvgIpc) is 3.55. The normalized spacial score (nSPS) is 23.1. The number of aromatic hydroxyl groups is 1. The first-order chi connectivity index (χ1) is 21.2. The highest BCUT2D eigenvalue weighted by Gasteiger charge is 2.57. The number of rotatable bonds is 9. The Balaban J connectivity index is 1.28. The monoisotopic (exact) mass is 614 g/mol. The molecule has 2 aliphatic heterocycles. The van der Waals surface area contributed by atoms with Crippen LogP contribution < -0.4 is 9.64 Å². The number of anilines is 1. The summed E-state index contributed by atoms with van der Waals surface area (Å²) in [5, 5.41) is 21.5. The molecule has 0 unspecified atom stereocenters. The highest BCUT2D eigenvalue weighted by atomic mass is 35.5. The van der Waals surface area contributed by atoms with E-state index in [4.69, 9.17) is 21.1 Å². The van der Waals surface area contributed by atoms with Gasteiger partial charge in [0.25, 0.3) is 5.69 Å². The molecule has 2 fully saturated rings. The van der Waals surface area contributed by atoms with Gasteiger partial charge in [0.05, 0.1) is 40.2 Å². The van der Waals surface area contributed by atoms with Crippen LogP contribution >= 0.6 is 11.6 Å². The summed E-state index contributed by atoms with van der Waals surface area (Å²) in [7, 11) is 0.